The van der Waals surface area contributed by atoms with Gasteiger partial charge >= 0.3 is 0 Å². The van der Waals surface area contributed by atoms with Crippen LogP contribution in [-0.4, -0.2) is 39.6 Å². The molecule has 1 atom stereocenters. The number of pyridine rings is 1. The van der Waals surface area contributed by atoms with Gasteiger partial charge in [0.25, 0.3) is 5.56 Å². The van der Waals surface area contributed by atoms with Crippen LogP contribution in [0.5, 0.6) is 5.75 Å². The lowest BCUT2D eigenvalue weighted by molar-refractivity contribution is -0.119. The van der Waals surface area contributed by atoms with Crippen molar-refractivity contribution in [2.45, 2.75) is 44.9 Å². The maximum absolute atomic E-state index is 12.6. The first-order valence-electron chi connectivity index (χ1n) is 9.28. The van der Waals surface area contributed by atoms with Crippen molar-refractivity contribution in [1.29, 1.82) is 0 Å². The summed E-state index contributed by atoms with van der Waals surface area (Å²) < 4.78 is 7.87. The molecule has 2 aromatic rings. The first-order chi connectivity index (χ1) is 13.1. The van der Waals surface area contributed by atoms with E-state index in [1.807, 2.05) is 11.0 Å². The number of anilines is 1. The molecule has 1 aliphatic heterocycles. The van der Waals surface area contributed by atoms with Crippen molar-refractivity contribution >= 4 is 11.7 Å². The summed E-state index contributed by atoms with van der Waals surface area (Å²) in [5.74, 6) is 1.13. The highest BCUT2D eigenvalue weighted by molar-refractivity contribution is 5.72. The highest BCUT2D eigenvalue weighted by atomic mass is 16.5. The Kier molecular flexibility index (Phi) is 4.79. The summed E-state index contributed by atoms with van der Waals surface area (Å²) in [6, 6.07) is 3.98. The molecule has 8 heteroatoms. The predicted octanol–water partition coefficient (Wildman–Crippen LogP) is 1.27. The quantitative estimate of drug-likeness (QED) is 0.825. The van der Waals surface area contributed by atoms with Gasteiger partial charge in [0.1, 0.15) is 11.9 Å². The zero-order valence-electron chi connectivity index (χ0n) is 15.3. The van der Waals surface area contributed by atoms with Gasteiger partial charge in [0.2, 0.25) is 5.91 Å². The van der Waals surface area contributed by atoms with E-state index in [1.54, 1.807) is 29.2 Å². The Bertz CT molecular complexity index is 893. The van der Waals surface area contributed by atoms with Crippen LogP contribution in [0.25, 0.3) is 0 Å². The number of carbonyl (C=O) groups is 1. The van der Waals surface area contributed by atoms with E-state index in [1.165, 1.54) is 6.92 Å². The van der Waals surface area contributed by atoms with Gasteiger partial charge in [-0.3, -0.25) is 14.6 Å². The van der Waals surface area contributed by atoms with Gasteiger partial charge in [0, 0.05) is 50.6 Å². The van der Waals surface area contributed by atoms with Crippen molar-refractivity contribution in [2.24, 2.45) is 0 Å². The first-order valence-corrected chi connectivity index (χ1v) is 9.28. The van der Waals surface area contributed by atoms with Crippen molar-refractivity contribution in [3.05, 3.63) is 46.8 Å². The minimum Gasteiger partial charge on any atom is -0.488 e. The molecule has 2 aliphatic rings. The summed E-state index contributed by atoms with van der Waals surface area (Å²) in [5, 5.41) is 2.73. The van der Waals surface area contributed by atoms with E-state index >= 15 is 0 Å². The molecule has 1 saturated carbocycles. The Morgan fingerprint density at radius 3 is 2.93 bits per heavy atom. The Labute approximate surface area is 157 Å². The van der Waals surface area contributed by atoms with Crippen molar-refractivity contribution in [1.82, 2.24) is 19.9 Å². The van der Waals surface area contributed by atoms with Crippen molar-refractivity contribution in [3.63, 3.8) is 0 Å². The molecule has 0 aromatic carbocycles. The second-order valence-electron chi connectivity index (χ2n) is 7.06. The lowest BCUT2D eigenvalue weighted by Crippen LogP contribution is -2.33. The number of nitrogens with zero attached hydrogens (tertiary/aromatic N) is 4. The summed E-state index contributed by atoms with van der Waals surface area (Å²) >= 11 is 0. The van der Waals surface area contributed by atoms with Gasteiger partial charge in [-0.15, -0.1) is 0 Å². The Morgan fingerprint density at radius 2 is 2.15 bits per heavy atom. The van der Waals surface area contributed by atoms with Crippen molar-refractivity contribution in [3.8, 4) is 5.75 Å². The monoisotopic (exact) mass is 369 g/mol. The largest absolute Gasteiger partial charge is 0.488 e. The zero-order chi connectivity index (χ0) is 18.8. The van der Waals surface area contributed by atoms with E-state index in [2.05, 4.69) is 15.3 Å². The molecule has 1 aliphatic carbocycles. The number of carbonyl (C=O) groups excluding carboxylic acids is 1. The highest BCUT2D eigenvalue weighted by Gasteiger charge is 2.30. The van der Waals surface area contributed by atoms with Gasteiger partial charge in [-0.1, -0.05) is 0 Å². The van der Waals surface area contributed by atoms with Crippen LogP contribution in [-0.2, 0) is 11.3 Å². The molecule has 2 fully saturated rings. The van der Waals surface area contributed by atoms with Crippen LogP contribution >= 0.6 is 0 Å². The van der Waals surface area contributed by atoms with Crippen LogP contribution < -0.4 is 20.5 Å². The first kappa shape index (κ1) is 17.5. The minimum atomic E-state index is -0.0956. The number of hydrogen-bond donors (Lipinski definition) is 1. The second-order valence-corrected chi connectivity index (χ2v) is 7.06. The molecule has 27 heavy (non-hydrogen) atoms. The molecule has 0 spiro atoms. The molecule has 0 bridgehead atoms. The van der Waals surface area contributed by atoms with E-state index in [4.69, 9.17) is 4.74 Å². The Hall–Kier alpha value is -2.90. The number of hydrogen-bond acceptors (Lipinski definition) is 6. The summed E-state index contributed by atoms with van der Waals surface area (Å²) in [7, 11) is 0. The van der Waals surface area contributed by atoms with Crippen molar-refractivity contribution < 1.29 is 9.53 Å². The number of aromatic nitrogens is 3. The second kappa shape index (κ2) is 7.38. The third-order valence-electron chi connectivity index (χ3n) is 4.84. The van der Waals surface area contributed by atoms with Crippen LogP contribution in [0, 0.1) is 0 Å². The Morgan fingerprint density at radius 1 is 1.30 bits per heavy atom. The molecule has 2 aromatic heterocycles. The summed E-state index contributed by atoms with van der Waals surface area (Å²) in [4.78, 5) is 34.2. The fourth-order valence-electron chi connectivity index (χ4n) is 3.32. The SMILES string of the molecule is CC(=O)NCc1cc(OC2CCN(c3nccn(C4CC4)c3=O)C2)ccn1. The van der Waals surface area contributed by atoms with Crippen LogP contribution in [0.15, 0.2) is 35.5 Å². The van der Waals surface area contributed by atoms with Gasteiger partial charge in [0.05, 0.1) is 18.8 Å². The number of ether oxygens (including phenoxy) is 1. The van der Waals surface area contributed by atoms with Crippen LogP contribution in [0.1, 0.15) is 37.9 Å². The van der Waals surface area contributed by atoms with Crippen LogP contribution in [0.3, 0.4) is 0 Å². The third-order valence-corrected chi connectivity index (χ3v) is 4.84. The molecule has 1 unspecified atom stereocenters. The van der Waals surface area contributed by atoms with Gasteiger partial charge in [0.15, 0.2) is 5.82 Å². The summed E-state index contributed by atoms with van der Waals surface area (Å²) in [6.45, 7) is 3.21. The molecule has 1 amide bonds. The van der Waals surface area contributed by atoms with Crippen LogP contribution in [0.2, 0.25) is 0 Å². The summed E-state index contributed by atoms with van der Waals surface area (Å²) in [5.41, 5.74) is 0.733. The predicted molar refractivity (Wildman–Crippen MR) is 99.8 cm³/mol. The Balaban J connectivity index is 1.40. The zero-order valence-corrected chi connectivity index (χ0v) is 15.3. The van der Waals surface area contributed by atoms with Gasteiger partial charge in [-0.05, 0) is 18.9 Å². The number of amides is 1. The molecule has 0 radical (unpaired) electrons. The molecule has 1 N–H and O–H groups in total. The van der Waals surface area contributed by atoms with E-state index < -0.39 is 0 Å². The van der Waals surface area contributed by atoms with E-state index in [0.717, 1.165) is 31.5 Å². The maximum atomic E-state index is 12.6. The fourth-order valence-corrected chi connectivity index (χ4v) is 3.32. The number of rotatable bonds is 6. The average molecular weight is 369 g/mol. The van der Waals surface area contributed by atoms with E-state index in [0.29, 0.717) is 30.7 Å². The van der Waals surface area contributed by atoms with Gasteiger partial charge in [-0.25, -0.2) is 4.98 Å². The fraction of sp³-hybridized carbons (Fsp3) is 0.474. The average Bonchev–Trinajstić information content (AvgIpc) is 3.40. The lowest BCUT2D eigenvalue weighted by Gasteiger charge is -2.18. The van der Waals surface area contributed by atoms with E-state index in [-0.39, 0.29) is 17.6 Å². The maximum Gasteiger partial charge on any atom is 0.293 e. The molecule has 3 heterocycles. The van der Waals surface area contributed by atoms with Crippen LogP contribution in [0.4, 0.5) is 5.82 Å². The summed E-state index contributed by atoms with van der Waals surface area (Å²) in [6.07, 6.45) is 8.10. The van der Waals surface area contributed by atoms with Crippen molar-refractivity contribution in [2.75, 3.05) is 18.0 Å². The number of nitrogens with one attached hydrogen (secondary N) is 1. The molecule has 142 valence electrons. The molecule has 4 rings (SSSR count). The highest BCUT2D eigenvalue weighted by Crippen LogP contribution is 2.33. The topological polar surface area (TPSA) is 89.4 Å². The van der Waals surface area contributed by atoms with E-state index in [9.17, 15) is 9.59 Å². The molecule has 8 nitrogen and oxygen atoms in total. The standard InChI is InChI=1S/C19H23N5O3/c1-13(25)22-11-14-10-16(4-6-20-14)27-17-5-8-23(12-17)18-19(26)24(9-7-21-18)15-2-3-15/h4,6-7,9-10,15,17H,2-3,5,8,11-12H2,1H3,(H,22,25). The molecular formula is C19H23N5O3. The normalized spacial score (nSPS) is 19.1. The molecule has 1 saturated heterocycles. The van der Waals surface area contributed by atoms with Gasteiger partial charge < -0.3 is 19.5 Å². The lowest BCUT2D eigenvalue weighted by atomic mass is 10.3. The smallest absolute Gasteiger partial charge is 0.293 e. The molecular weight excluding hydrogens is 346 g/mol. The van der Waals surface area contributed by atoms with Gasteiger partial charge in [-0.2, -0.15) is 0 Å². The third kappa shape index (κ3) is 4.10. The minimum absolute atomic E-state index is 0.0119.